The van der Waals surface area contributed by atoms with Gasteiger partial charge in [0.2, 0.25) is 5.91 Å². The lowest BCUT2D eigenvalue weighted by molar-refractivity contribution is -0.121. The molecular weight excluding hydrogens is 372 g/mol. The van der Waals surface area contributed by atoms with Gasteiger partial charge in [-0.15, -0.1) is 11.3 Å². The van der Waals surface area contributed by atoms with Crippen LogP contribution in [0.4, 0.5) is 10.5 Å². The molecule has 1 saturated heterocycles. The van der Waals surface area contributed by atoms with E-state index < -0.39 is 6.03 Å². The summed E-state index contributed by atoms with van der Waals surface area (Å²) in [6, 6.07) is 16.7. The fourth-order valence-corrected chi connectivity index (χ4v) is 4.61. The van der Waals surface area contributed by atoms with Crippen molar-refractivity contribution in [1.82, 2.24) is 15.2 Å². The lowest BCUT2D eigenvalue weighted by Gasteiger charge is -2.31. The molecule has 1 aromatic heterocycles. The maximum absolute atomic E-state index is 12.3. The number of anilines is 1. The maximum Gasteiger partial charge on any atom is 0.325 e. The van der Waals surface area contributed by atoms with E-state index in [1.165, 1.54) is 4.70 Å². The highest BCUT2D eigenvalue weighted by Gasteiger charge is 2.25. The van der Waals surface area contributed by atoms with Crippen LogP contribution in [0.1, 0.15) is 23.8 Å². The molecule has 0 saturated carbocycles. The molecule has 144 valence electrons. The van der Waals surface area contributed by atoms with E-state index in [0.29, 0.717) is 11.6 Å². The van der Waals surface area contributed by atoms with Gasteiger partial charge in [0.25, 0.3) is 0 Å². The Morgan fingerprint density at radius 1 is 1.11 bits per heavy atom. The highest BCUT2D eigenvalue weighted by Crippen LogP contribution is 2.32. The Bertz CT molecular complexity index is 940. The van der Waals surface area contributed by atoms with Crippen LogP contribution in [-0.4, -0.2) is 41.5 Å². The summed E-state index contributed by atoms with van der Waals surface area (Å²) in [6.45, 7) is 1.85. The summed E-state index contributed by atoms with van der Waals surface area (Å²) in [5, 5.41) is 6.20. The Kier molecular flexibility index (Phi) is 5.64. The molecule has 2 aromatic carbocycles. The highest BCUT2D eigenvalue weighted by atomic mass is 32.1. The maximum atomic E-state index is 12.3. The number of nitrogens with one attached hydrogen (secondary N) is 2. The van der Waals surface area contributed by atoms with E-state index in [-0.39, 0.29) is 12.5 Å². The van der Waals surface area contributed by atoms with E-state index in [4.69, 9.17) is 4.98 Å². The van der Waals surface area contributed by atoms with Gasteiger partial charge < -0.3 is 5.32 Å². The summed E-state index contributed by atoms with van der Waals surface area (Å²) in [4.78, 5) is 31.1. The van der Waals surface area contributed by atoms with Crippen LogP contribution in [0.25, 0.3) is 10.2 Å². The normalized spacial score (nSPS) is 17.4. The van der Waals surface area contributed by atoms with Crippen molar-refractivity contribution in [2.24, 2.45) is 0 Å². The van der Waals surface area contributed by atoms with Crippen molar-refractivity contribution in [2.45, 2.75) is 18.8 Å². The molecule has 0 spiro atoms. The van der Waals surface area contributed by atoms with Crippen LogP contribution in [0, 0.1) is 0 Å². The molecule has 1 atom stereocenters. The Balaban J connectivity index is 1.32. The van der Waals surface area contributed by atoms with E-state index in [2.05, 4.69) is 21.6 Å². The molecular formula is C21H22N4O2S. The van der Waals surface area contributed by atoms with Crippen LogP contribution in [-0.2, 0) is 4.79 Å². The SMILES string of the molecule is O=C(CN1CCC[C@H](c2nc3ccccc3s2)C1)NC(=O)Nc1ccccc1. The number of carbonyl (C=O) groups excluding carboxylic acids is 2. The van der Waals surface area contributed by atoms with Gasteiger partial charge >= 0.3 is 6.03 Å². The predicted octanol–water partition coefficient (Wildman–Crippen LogP) is 3.82. The minimum atomic E-state index is -0.504. The molecule has 0 radical (unpaired) electrons. The van der Waals surface area contributed by atoms with Crippen molar-refractivity contribution >= 4 is 39.2 Å². The Morgan fingerprint density at radius 2 is 1.89 bits per heavy atom. The van der Waals surface area contributed by atoms with Gasteiger partial charge in [-0.05, 0) is 43.7 Å². The summed E-state index contributed by atoms with van der Waals surface area (Å²) >= 11 is 1.73. The Hall–Kier alpha value is -2.77. The number of likely N-dealkylation sites (tertiary alicyclic amines) is 1. The molecule has 0 bridgehead atoms. The smallest absolute Gasteiger partial charge is 0.308 e. The molecule has 7 heteroatoms. The second kappa shape index (κ2) is 8.50. The minimum Gasteiger partial charge on any atom is -0.308 e. The lowest BCUT2D eigenvalue weighted by atomic mass is 9.99. The summed E-state index contributed by atoms with van der Waals surface area (Å²) < 4.78 is 1.20. The first-order chi connectivity index (χ1) is 13.7. The van der Waals surface area contributed by atoms with E-state index in [1.54, 1.807) is 23.5 Å². The molecule has 4 rings (SSSR count). The summed E-state index contributed by atoms with van der Waals surface area (Å²) in [7, 11) is 0. The van der Waals surface area contributed by atoms with Crippen LogP contribution < -0.4 is 10.6 Å². The third-order valence-corrected chi connectivity index (χ3v) is 6.02. The van der Waals surface area contributed by atoms with Crippen LogP contribution in [0.3, 0.4) is 0 Å². The number of hydrogen-bond acceptors (Lipinski definition) is 5. The van der Waals surface area contributed by atoms with Gasteiger partial charge in [0.1, 0.15) is 0 Å². The van der Waals surface area contributed by atoms with Gasteiger partial charge in [0.05, 0.1) is 21.8 Å². The van der Waals surface area contributed by atoms with Crippen molar-refractivity contribution in [2.75, 3.05) is 25.0 Å². The Morgan fingerprint density at radius 3 is 2.71 bits per heavy atom. The van der Waals surface area contributed by atoms with Crippen LogP contribution in [0.2, 0.25) is 0 Å². The molecule has 2 N–H and O–H groups in total. The Labute approximate surface area is 167 Å². The fraction of sp³-hybridized carbons (Fsp3) is 0.286. The first-order valence-corrected chi connectivity index (χ1v) is 10.2. The molecule has 6 nitrogen and oxygen atoms in total. The minimum absolute atomic E-state index is 0.212. The molecule has 3 aromatic rings. The standard InChI is InChI=1S/C21H22N4O2S/c26-19(24-21(27)22-16-8-2-1-3-9-16)14-25-12-6-7-15(13-25)20-23-17-10-4-5-11-18(17)28-20/h1-5,8-11,15H,6-7,12-14H2,(H2,22,24,26,27)/t15-/m0/s1. The number of fused-ring (bicyclic) bond motifs is 1. The first-order valence-electron chi connectivity index (χ1n) is 9.41. The third kappa shape index (κ3) is 4.55. The second-order valence-electron chi connectivity index (χ2n) is 6.96. The predicted molar refractivity (Wildman–Crippen MR) is 112 cm³/mol. The third-order valence-electron chi connectivity index (χ3n) is 4.82. The number of piperidine rings is 1. The summed E-state index contributed by atoms with van der Waals surface area (Å²) in [6.07, 6.45) is 2.09. The average Bonchev–Trinajstić information content (AvgIpc) is 3.13. The van der Waals surface area contributed by atoms with Crippen molar-refractivity contribution in [3.63, 3.8) is 0 Å². The summed E-state index contributed by atoms with van der Waals surface area (Å²) in [5.74, 6) is 0.0375. The highest BCUT2D eigenvalue weighted by molar-refractivity contribution is 7.18. The van der Waals surface area contributed by atoms with Crippen molar-refractivity contribution in [3.8, 4) is 0 Å². The molecule has 1 fully saturated rings. The van der Waals surface area contributed by atoms with E-state index in [9.17, 15) is 9.59 Å². The number of para-hydroxylation sites is 2. The van der Waals surface area contributed by atoms with Gasteiger partial charge in [-0.3, -0.25) is 15.0 Å². The van der Waals surface area contributed by atoms with Gasteiger partial charge in [-0.25, -0.2) is 9.78 Å². The lowest BCUT2D eigenvalue weighted by Crippen LogP contribution is -2.44. The molecule has 0 aliphatic carbocycles. The van der Waals surface area contributed by atoms with Crippen molar-refractivity contribution < 1.29 is 9.59 Å². The number of thiazole rings is 1. The summed E-state index contributed by atoms with van der Waals surface area (Å²) in [5.41, 5.74) is 1.69. The molecule has 28 heavy (non-hydrogen) atoms. The molecule has 1 aliphatic heterocycles. The van der Waals surface area contributed by atoms with Gasteiger partial charge in [0, 0.05) is 18.2 Å². The van der Waals surface area contributed by atoms with E-state index in [0.717, 1.165) is 36.5 Å². The quantitative estimate of drug-likeness (QED) is 0.705. The number of amides is 3. The number of aromatic nitrogens is 1. The second-order valence-corrected chi connectivity index (χ2v) is 8.02. The molecule has 1 aliphatic rings. The molecule has 0 unspecified atom stereocenters. The fourth-order valence-electron chi connectivity index (χ4n) is 3.52. The van der Waals surface area contributed by atoms with Crippen LogP contribution in [0.5, 0.6) is 0 Å². The zero-order valence-corrected chi connectivity index (χ0v) is 16.2. The van der Waals surface area contributed by atoms with Crippen LogP contribution in [0.15, 0.2) is 54.6 Å². The largest absolute Gasteiger partial charge is 0.325 e. The van der Waals surface area contributed by atoms with E-state index >= 15 is 0 Å². The number of benzene rings is 2. The zero-order chi connectivity index (χ0) is 19.3. The number of urea groups is 1. The topological polar surface area (TPSA) is 74.3 Å². The zero-order valence-electron chi connectivity index (χ0n) is 15.4. The molecule has 2 heterocycles. The number of rotatable bonds is 4. The van der Waals surface area contributed by atoms with Crippen molar-refractivity contribution in [1.29, 1.82) is 0 Å². The van der Waals surface area contributed by atoms with Gasteiger partial charge in [-0.1, -0.05) is 30.3 Å². The van der Waals surface area contributed by atoms with Gasteiger partial charge in [-0.2, -0.15) is 0 Å². The van der Waals surface area contributed by atoms with E-state index in [1.807, 2.05) is 36.4 Å². The van der Waals surface area contributed by atoms with Crippen molar-refractivity contribution in [3.05, 3.63) is 59.6 Å². The average molecular weight is 395 g/mol. The number of hydrogen-bond donors (Lipinski definition) is 2. The number of imide groups is 1. The number of nitrogens with zero attached hydrogens (tertiary/aromatic N) is 2. The van der Waals surface area contributed by atoms with Gasteiger partial charge in [0.15, 0.2) is 0 Å². The van der Waals surface area contributed by atoms with Crippen LogP contribution >= 0.6 is 11.3 Å². The molecule has 3 amide bonds. The first kappa shape index (κ1) is 18.6. The monoisotopic (exact) mass is 394 g/mol. The number of carbonyl (C=O) groups is 2.